The zero-order valence-electron chi connectivity index (χ0n) is 22.2. The Morgan fingerprint density at radius 2 is 1.85 bits per heavy atom. The number of thiophene rings is 1. The van der Waals surface area contributed by atoms with Crippen LogP contribution in [-0.2, 0) is 35.3 Å². The van der Waals surface area contributed by atoms with Crippen LogP contribution in [0.5, 0.6) is 0 Å². The van der Waals surface area contributed by atoms with Gasteiger partial charge in [-0.2, -0.15) is 0 Å². The minimum Gasteiger partial charge on any atom is -0.462 e. The normalized spacial score (nSPS) is 12.9. The van der Waals surface area contributed by atoms with Crippen molar-refractivity contribution >= 4 is 62.0 Å². The summed E-state index contributed by atoms with van der Waals surface area (Å²) >= 11 is 2.72. The van der Waals surface area contributed by atoms with Crippen LogP contribution in [0.4, 0.5) is 5.00 Å². The summed E-state index contributed by atoms with van der Waals surface area (Å²) in [6.45, 7) is 2.83. The van der Waals surface area contributed by atoms with Gasteiger partial charge in [0.25, 0.3) is 0 Å². The van der Waals surface area contributed by atoms with Crippen molar-refractivity contribution in [1.82, 2.24) is 19.7 Å². The lowest BCUT2D eigenvalue weighted by Gasteiger charge is -2.12. The summed E-state index contributed by atoms with van der Waals surface area (Å²) in [5, 5.41) is 13.8. The monoisotopic (exact) mass is 571 g/mol. The van der Waals surface area contributed by atoms with Crippen molar-refractivity contribution in [2.45, 2.75) is 50.7 Å². The first kappa shape index (κ1) is 26.5. The third-order valence-corrected chi connectivity index (χ3v) is 9.10. The van der Waals surface area contributed by atoms with Crippen molar-refractivity contribution in [3.8, 4) is 0 Å². The number of rotatable bonds is 9. The summed E-state index contributed by atoms with van der Waals surface area (Å²) in [6.07, 6.45) is 4.75. The van der Waals surface area contributed by atoms with Crippen molar-refractivity contribution in [3.63, 3.8) is 0 Å². The summed E-state index contributed by atoms with van der Waals surface area (Å²) in [6, 6.07) is 18.5. The second kappa shape index (κ2) is 11.8. The fourth-order valence-electron chi connectivity index (χ4n) is 5.23. The second-order valence-electron chi connectivity index (χ2n) is 9.64. The molecule has 1 aliphatic rings. The van der Waals surface area contributed by atoms with E-state index < -0.39 is 0 Å². The average Bonchev–Trinajstić information content (AvgIpc) is 3.50. The molecule has 40 heavy (non-hydrogen) atoms. The van der Waals surface area contributed by atoms with Crippen molar-refractivity contribution in [2.24, 2.45) is 0 Å². The van der Waals surface area contributed by atoms with Crippen LogP contribution in [0.1, 0.15) is 46.1 Å². The van der Waals surface area contributed by atoms with Gasteiger partial charge in [0, 0.05) is 16.8 Å². The molecular weight excluding hydrogens is 542 g/mol. The van der Waals surface area contributed by atoms with E-state index in [2.05, 4.69) is 38.3 Å². The number of aryl methyl sites for hydroxylation is 3. The van der Waals surface area contributed by atoms with Gasteiger partial charge in [-0.15, -0.1) is 21.5 Å². The Bertz CT molecular complexity index is 1700. The van der Waals surface area contributed by atoms with Crippen molar-refractivity contribution in [1.29, 1.82) is 0 Å². The predicted octanol–water partition coefficient (Wildman–Crippen LogP) is 6.07. The van der Waals surface area contributed by atoms with Gasteiger partial charge in [0.15, 0.2) is 5.65 Å². The largest absolute Gasteiger partial charge is 0.462 e. The van der Waals surface area contributed by atoms with E-state index >= 15 is 0 Å². The molecule has 204 valence electrons. The summed E-state index contributed by atoms with van der Waals surface area (Å²) in [4.78, 5) is 31.7. The zero-order chi connectivity index (χ0) is 27.5. The number of esters is 1. The maximum Gasteiger partial charge on any atom is 0.341 e. The van der Waals surface area contributed by atoms with E-state index in [-0.39, 0.29) is 17.6 Å². The van der Waals surface area contributed by atoms with E-state index in [0.717, 1.165) is 66.3 Å². The van der Waals surface area contributed by atoms with E-state index in [1.165, 1.54) is 33.5 Å². The Kier molecular flexibility index (Phi) is 7.79. The highest BCUT2D eigenvalue weighted by Gasteiger charge is 2.27. The lowest BCUT2D eigenvalue weighted by Crippen LogP contribution is -2.17. The molecule has 10 heteroatoms. The number of para-hydroxylation sites is 1. The van der Waals surface area contributed by atoms with Gasteiger partial charge >= 0.3 is 5.97 Å². The van der Waals surface area contributed by atoms with E-state index in [1.54, 1.807) is 6.92 Å². The maximum atomic E-state index is 13.0. The topological polar surface area (TPSA) is 99.0 Å². The van der Waals surface area contributed by atoms with Gasteiger partial charge in [0.2, 0.25) is 11.1 Å². The minimum absolute atomic E-state index is 0.0995. The standard InChI is InChI=1S/C30H29N5O3S2/c1-2-38-29(37)25-21-13-7-9-15-23(21)40-28(25)31-24(36)18-39-30-32-27-26(33-34-30)20-12-6-8-14-22(20)35(27)17-16-19-10-4-3-5-11-19/h3-6,8,10-12,14H,2,7,9,13,15-18H2,1H3,(H,31,36). The van der Waals surface area contributed by atoms with Crippen molar-refractivity contribution in [3.05, 3.63) is 76.2 Å². The molecule has 3 heterocycles. The lowest BCUT2D eigenvalue weighted by molar-refractivity contribution is -0.113. The highest BCUT2D eigenvalue weighted by atomic mass is 32.2. The summed E-state index contributed by atoms with van der Waals surface area (Å²) < 4.78 is 7.49. The molecule has 0 saturated carbocycles. The first-order chi connectivity index (χ1) is 19.6. The number of carbonyl (C=O) groups excluding carboxylic acids is 2. The quantitative estimate of drug-likeness (QED) is 0.169. The first-order valence-electron chi connectivity index (χ1n) is 13.5. The van der Waals surface area contributed by atoms with Gasteiger partial charge < -0.3 is 14.6 Å². The highest BCUT2D eigenvalue weighted by Crippen LogP contribution is 2.38. The van der Waals surface area contributed by atoms with Crippen LogP contribution in [0.15, 0.2) is 59.8 Å². The smallest absolute Gasteiger partial charge is 0.341 e. The molecule has 2 aromatic carbocycles. The van der Waals surface area contributed by atoms with Gasteiger partial charge in [-0.3, -0.25) is 4.79 Å². The van der Waals surface area contributed by atoms with E-state index in [4.69, 9.17) is 9.72 Å². The molecule has 1 aliphatic carbocycles. The van der Waals surface area contributed by atoms with Gasteiger partial charge in [0.05, 0.1) is 23.4 Å². The molecule has 0 saturated heterocycles. The Balaban J connectivity index is 1.21. The molecule has 0 bridgehead atoms. The van der Waals surface area contributed by atoms with Crippen LogP contribution in [0.3, 0.4) is 0 Å². The van der Waals surface area contributed by atoms with E-state index in [9.17, 15) is 9.59 Å². The number of nitrogens with zero attached hydrogens (tertiary/aromatic N) is 4. The first-order valence-corrected chi connectivity index (χ1v) is 15.3. The highest BCUT2D eigenvalue weighted by molar-refractivity contribution is 7.99. The molecule has 6 rings (SSSR count). The van der Waals surface area contributed by atoms with Crippen molar-refractivity contribution < 1.29 is 14.3 Å². The molecule has 0 atom stereocenters. The summed E-state index contributed by atoms with van der Waals surface area (Å²) in [7, 11) is 0. The molecule has 0 spiro atoms. The van der Waals surface area contributed by atoms with Gasteiger partial charge in [-0.1, -0.05) is 60.3 Å². The molecule has 0 radical (unpaired) electrons. The molecule has 0 aliphatic heterocycles. The SMILES string of the molecule is CCOC(=O)c1c(NC(=O)CSc2nnc3c4ccccc4n(CCc4ccccc4)c3n2)sc2c1CCCC2. The maximum absolute atomic E-state index is 13.0. The van der Waals surface area contributed by atoms with Gasteiger partial charge in [0.1, 0.15) is 10.5 Å². The summed E-state index contributed by atoms with van der Waals surface area (Å²) in [5.41, 5.74) is 5.36. The average molecular weight is 572 g/mol. The number of ether oxygens (including phenoxy) is 1. The number of aromatic nitrogens is 4. The Morgan fingerprint density at radius 1 is 1.05 bits per heavy atom. The van der Waals surface area contributed by atoms with Crippen LogP contribution in [0, 0.1) is 0 Å². The summed E-state index contributed by atoms with van der Waals surface area (Å²) in [5.74, 6) is -0.490. The van der Waals surface area contributed by atoms with Gasteiger partial charge in [-0.05, 0) is 56.2 Å². The van der Waals surface area contributed by atoms with Crippen LogP contribution in [-0.4, -0.2) is 44.0 Å². The number of hydrogen-bond acceptors (Lipinski definition) is 8. The molecule has 0 unspecified atom stereocenters. The molecule has 3 aromatic heterocycles. The number of hydrogen-bond donors (Lipinski definition) is 1. The van der Waals surface area contributed by atoms with Gasteiger partial charge in [-0.25, -0.2) is 9.78 Å². The van der Waals surface area contributed by atoms with Crippen LogP contribution >= 0.6 is 23.1 Å². The third kappa shape index (κ3) is 5.33. The Labute approximate surface area is 240 Å². The number of fused-ring (bicyclic) bond motifs is 4. The number of carbonyl (C=O) groups is 2. The Hall–Kier alpha value is -3.76. The molecule has 1 N–H and O–H groups in total. The number of nitrogens with one attached hydrogen (secondary N) is 1. The fraction of sp³-hybridized carbons (Fsp3) is 0.300. The van der Waals surface area contributed by atoms with Crippen LogP contribution in [0.2, 0.25) is 0 Å². The molecule has 0 fully saturated rings. The molecular formula is C30H29N5O3S2. The second-order valence-corrected chi connectivity index (χ2v) is 11.7. The third-order valence-electron chi connectivity index (χ3n) is 7.06. The van der Waals surface area contributed by atoms with Crippen molar-refractivity contribution in [2.75, 3.05) is 17.7 Å². The van der Waals surface area contributed by atoms with Crippen LogP contribution < -0.4 is 5.32 Å². The number of thioether (sulfide) groups is 1. The number of benzene rings is 2. The molecule has 1 amide bonds. The minimum atomic E-state index is -0.369. The Morgan fingerprint density at radius 3 is 2.70 bits per heavy atom. The molecule has 8 nitrogen and oxygen atoms in total. The number of anilines is 1. The van der Waals surface area contributed by atoms with Crippen LogP contribution in [0.25, 0.3) is 22.1 Å². The van der Waals surface area contributed by atoms with E-state index in [1.807, 2.05) is 36.4 Å². The molecule has 5 aromatic rings. The fourth-order valence-corrected chi connectivity index (χ4v) is 7.10. The zero-order valence-corrected chi connectivity index (χ0v) is 23.8. The number of amides is 1. The van der Waals surface area contributed by atoms with E-state index in [0.29, 0.717) is 22.3 Å². The predicted molar refractivity (Wildman–Crippen MR) is 159 cm³/mol. The lowest BCUT2D eigenvalue weighted by atomic mass is 9.95.